The number of carbonyl (C=O) groups excluding carboxylic acids is 4. The van der Waals surface area contributed by atoms with Gasteiger partial charge in [0.2, 0.25) is 11.8 Å². The lowest BCUT2D eigenvalue weighted by Gasteiger charge is -2.37. The number of nitrogens with zero attached hydrogens (tertiary/aromatic N) is 1. The van der Waals surface area contributed by atoms with E-state index in [1.54, 1.807) is 52.0 Å². The molecule has 0 radical (unpaired) electrons. The summed E-state index contributed by atoms with van der Waals surface area (Å²) in [7, 11) is 0. The van der Waals surface area contributed by atoms with E-state index in [1.807, 2.05) is 6.92 Å². The number of terminal acetylenes is 1. The van der Waals surface area contributed by atoms with Gasteiger partial charge in [-0.15, -0.1) is 6.42 Å². The molecule has 1 rings (SSSR count). The average Bonchev–Trinajstić information content (AvgIpc) is 2.83. The standard InChI is InChI=1S/C29H43N3O6/c1-9-22-13-11-12-14-23(22)26(27(35)30-18-17-25(34)37-10-2)32(21(5)16-15-20(3)4)24(33)19-31-28(36)38-29(6,7)8/h1,11-14,20-21,26H,10,15-19H2,2-8H3,(H,30,35)(H,31,36). The quantitative estimate of drug-likeness (QED) is 0.295. The molecule has 0 saturated heterocycles. The Morgan fingerprint density at radius 1 is 1.05 bits per heavy atom. The third-order valence-corrected chi connectivity index (χ3v) is 5.58. The number of benzene rings is 1. The first-order valence-electron chi connectivity index (χ1n) is 13.1. The van der Waals surface area contributed by atoms with Crippen LogP contribution in [-0.2, 0) is 23.9 Å². The van der Waals surface area contributed by atoms with Crippen LogP contribution in [0.4, 0.5) is 4.79 Å². The zero-order valence-electron chi connectivity index (χ0n) is 23.8. The van der Waals surface area contributed by atoms with E-state index in [4.69, 9.17) is 15.9 Å². The van der Waals surface area contributed by atoms with Gasteiger partial charge in [-0.2, -0.15) is 0 Å². The molecule has 0 aromatic heterocycles. The van der Waals surface area contributed by atoms with E-state index in [0.29, 0.717) is 23.5 Å². The second kappa shape index (κ2) is 15.7. The zero-order valence-corrected chi connectivity index (χ0v) is 23.8. The van der Waals surface area contributed by atoms with Crippen LogP contribution < -0.4 is 10.6 Å². The Kier molecular flexibility index (Phi) is 13.4. The van der Waals surface area contributed by atoms with E-state index in [2.05, 4.69) is 30.4 Å². The average molecular weight is 530 g/mol. The van der Waals surface area contributed by atoms with Gasteiger partial charge in [0.25, 0.3) is 0 Å². The van der Waals surface area contributed by atoms with Crippen molar-refractivity contribution in [1.29, 1.82) is 0 Å². The molecule has 2 N–H and O–H groups in total. The van der Waals surface area contributed by atoms with Crippen LogP contribution >= 0.6 is 0 Å². The van der Waals surface area contributed by atoms with Crippen molar-refractivity contribution in [2.45, 2.75) is 85.4 Å². The summed E-state index contributed by atoms with van der Waals surface area (Å²) in [5, 5.41) is 5.26. The molecule has 0 aliphatic carbocycles. The molecule has 210 valence electrons. The fraction of sp³-hybridized carbons (Fsp3) is 0.586. The van der Waals surface area contributed by atoms with Gasteiger partial charge in [0, 0.05) is 18.2 Å². The number of carbonyl (C=O) groups is 4. The molecule has 0 fully saturated rings. The van der Waals surface area contributed by atoms with Crippen LogP contribution in [0.15, 0.2) is 24.3 Å². The van der Waals surface area contributed by atoms with Crippen molar-refractivity contribution in [3.05, 3.63) is 35.4 Å². The molecule has 0 heterocycles. The Bertz CT molecular complexity index is 993. The van der Waals surface area contributed by atoms with Crippen molar-refractivity contribution in [3.8, 4) is 12.3 Å². The Hall–Kier alpha value is -3.54. The minimum atomic E-state index is -1.08. The molecular formula is C29H43N3O6. The van der Waals surface area contributed by atoms with Crippen molar-refractivity contribution in [2.75, 3.05) is 19.7 Å². The van der Waals surface area contributed by atoms with E-state index >= 15 is 0 Å². The van der Waals surface area contributed by atoms with E-state index in [1.165, 1.54) is 4.90 Å². The number of nitrogens with one attached hydrogen (secondary N) is 2. The van der Waals surface area contributed by atoms with Crippen molar-refractivity contribution < 1.29 is 28.7 Å². The Morgan fingerprint density at radius 2 is 1.71 bits per heavy atom. The molecule has 0 bridgehead atoms. The molecular weight excluding hydrogens is 486 g/mol. The Balaban J connectivity index is 3.38. The van der Waals surface area contributed by atoms with E-state index in [9.17, 15) is 19.2 Å². The number of rotatable bonds is 13. The smallest absolute Gasteiger partial charge is 0.408 e. The lowest BCUT2D eigenvalue weighted by molar-refractivity contribution is -0.144. The third kappa shape index (κ3) is 11.2. The predicted molar refractivity (Wildman–Crippen MR) is 146 cm³/mol. The second-order valence-electron chi connectivity index (χ2n) is 10.5. The van der Waals surface area contributed by atoms with Crippen LogP contribution in [-0.4, -0.2) is 60.1 Å². The van der Waals surface area contributed by atoms with Crippen LogP contribution in [0.25, 0.3) is 0 Å². The Morgan fingerprint density at radius 3 is 2.29 bits per heavy atom. The van der Waals surface area contributed by atoms with E-state index < -0.39 is 35.5 Å². The van der Waals surface area contributed by atoms with Crippen molar-refractivity contribution in [3.63, 3.8) is 0 Å². The van der Waals surface area contributed by atoms with Crippen LogP contribution in [0, 0.1) is 18.3 Å². The first-order valence-corrected chi connectivity index (χ1v) is 13.1. The molecule has 9 heteroatoms. The molecule has 1 aromatic rings. The number of ether oxygens (including phenoxy) is 2. The maximum absolute atomic E-state index is 13.6. The summed E-state index contributed by atoms with van der Waals surface area (Å²) in [6.45, 7) is 12.8. The summed E-state index contributed by atoms with van der Waals surface area (Å²) in [4.78, 5) is 52.8. The summed E-state index contributed by atoms with van der Waals surface area (Å²) >= 11 is 0. The number of esters is 1. The summed E-state index contributed by atoms with van der Waals surface area (Å²) in [6.07, 6.45) is 6.44. The maximum Gasteiger partial charge on any atom is 0.408 e. The third-order valence-electron chi connectivity index (χ3n) is 5.58. The molecule has 9 nitrogen and oxygen atoms in total. The second-order valence-corrected chi connectivity index (χ2v) is 10.5. The number of hydrogen-bond acceptors (Lipinski definition) is 6. The highest BCUT2D eigenvalue weighted by Gasteiger charge is 2.36. The van der Waals surface area contributed by atoms with Crippen LogP contribution in [0.1, 0.15) is 84.9 Å². The van der Waals surface area contributed by atoms with Gasteiger partial charge < -0.3 is 25.0 Å². The molecule has 0 aliphatic rings. The largest absolute Gasteiger partial charge is 0.466 e. The zero-order chi connectivity index (χ0) is 28.9. The predicted octanol–water partition coefficient (Wildman–Crippen LogP) is 3.96. The fourth-order valence-corrected chi connectivity index (χ4v) is 3.81. The number of alkyl carbamates (subject to hydrolysis) is 1. The van der Waals surface area contributed by atoms with Crippen LogP contribution in [0.5, 0.6) is 0 Å². The fourth-order valence-electron chi connectivity index (χ4n) is 3.81. The molecule has 3 amide bonds. The van der Waals surface area contributed by atoms with Gasteiger partial charge in [-0.25, -0.2) is 4.79 Å². The molecule has 2 atom stereocenters. The van der Waals surface area contributed by atoms with Gasteiger partial charge in [0.05, 0.1) is 13.0 Å². The SMILES string of the molecule is C#Cc1ccccc1C(C(=O)NCCC(=O)OCC)N(C(=O)CNC(=O)OC(C)(C)C)C(C)CCC(C)C. The van der Waals surface area contributed by atoms with Crippen LogP contribution in [0.2, 0.25) is 0 Å². The van der Waals surface area contributed by atoms with Crippen molar-refractivity contribution in [2.24, 2.45) is 5.92 Å². The van der Waals surface area contributed by atoms with E-state index in [0.717, 1.165) is 6.42 Å². The first kappa shape index (κ1) is 32.5. The number of amides is 3. The normalized spacial score (nSPS) is 12.6. The molecule has 0 aliphatic heterocycles. The minimum absolute atomic E-state index is 0.0138. The van der Waals surface area contributed by atoms with Crippen LogP contribution in [0.3, 0.4) is 0 Å². The summed E-state index contributed by atoms with van der Waals surface area (Å²) in [6, 6.07) is 5.47. The molecule has 0 spiro atoms. The van der Waals surface area contributed by atoms with Gasteiger partial charge in [0.1, 0.15) is 18.2 Å². The Labute approximate surface area is 227 Å². The van der Waals surface area contributed by atoms with Gasteiger partial charge in [-0.05, 0) is 65.0 Å². The lowest BCUT2D eigenvalue weighted by Crippen LogP contribution is -2.51. The minimum Gasteiger partial charge on any atom is -0.466 e. The molecule has 38 heavy (non-hydrogen) atoms. The summed E-state index contributed by atoms with van der Waals surface area (Å²) in [5.41, 5.74) is 0.211. The maximum atomic E-state index is 13.6. The lowest BCUT2D eigenvalue weighted by atomic mass is 9.95. The summed E-state index contributed by atoms with van der Waals surface area (Å²) < 4.78 is 10.2. The van der Waals surface area contributed by atoms with Gasteiger partial charge in [-0.3, -0.25) is 14.4 Å². The van der Waals surface area contributed by atoms with Gasteiger partial charge in [-0.1, -0.05) is 38.0 Å². The van der Waals surface area contributed by atoms with Gasteiger partial charge >= 0.3 is 12.1 Å². The highest BCUT2D eigenvalue weighted by Crippen LogP contribution is 2.28. The van der Waals surface area contributed by atoms with Crippen molar-refractivity contribution in [1.82, 2.24) is 15.5 Å². The monoisotopic (exact) mass is 529 g/mol. The first-order chi connectivity index (χ1) is 17.8. The molecule has 2 unspecified atom stereocenters. The molecule has 0 saturated carbocycles. The molecule has 1 aromatic carbocycles. The summed E-state index contributed by atoms with van der Waals surface area (Å²) in [5.74, 6) is 1.59. The van der Waals surface area contributed by atoms with Crippen molar-refractivity contribution >= 4 is 23.9 Å². The highest BCUT2D eigenvalue weighted by molar-refractivity contribution is 5.91. The highest BCUT2D eigenvalue weighted by atomic mass is 16.6. The van der Waals surface area contributed by atoms with Gasteiger partial charge in [0.15, 0.2) is 0 Å². The number of hydrogen-bond donors (Lipinski definition) is 2. The van der Waals surface area contributed by atoms with E-state index in [-0.39, 0.29) is 32.2 Å². The topological polar surface area (TPSA) is 114 Å².